The van der Waals surface area contributed by atoms with Crippen LogP contribution in [-0.2, 0) is 4.79 Å². The van der Waals surface area contributed by atoms with E-state index in [1.807, 2.05) is 0 Å². The molecule has 8 heteroatoms. The highest BCUT2D eigenvalue weighted by atomic mass is 79.9. The van der Waals surface area contributed by atoms with E-state index in [-0.39, 0.29) is 11.3 Å². The van der Waals surface area contributed by atoms with E-state index in [1.165, 1.54) is 12.1 Å². The van der Waals surface area contributed by atoms with Gasteiger partial charge in [-0.1, -0.05) is 0 Å². The Morgan fingerprint density at radius 1 is 1.32 bits per heavy atom. The average Bonchev–Trinajstić information content (AvgIpc) is 2.28. The third-order valence-corrected chi connectivity index (χ3v) is 2.81. The summed E-state index contributed by atoms with van der Waals surface area (Å²) in [6.07, 6.45) is -6.33. The monoisotopic (exact) mass is 339 g/mol. The number of alkyl halides is 3. The van der Waals surface area contributed by atoms with Gasteiger partial charge in [-0.25, -0.2) is 4.79 Å². The predicted molar refractivity (Wildman–Crippen MR) is 65.0 cm³/mol. The van der Waals surface area contributed by atoms with Crippen molar-refractivity contribution in [2.75, 3.05) is 5.32 Å². The van der Waals surface area contributed by atoms with Crippen LogP contribution >= 0.6 is 15.9 Å². The van der Waals surface area contributed by atoms with E-state index in [0.29, 0.717) is 4.47 Å². The number of carboxylic acid groups (broad SMARTS) is 1. The van der Waals surface area contributed by atoms with Crippen molar-refractivity contribution in [3.63, 3.8) is 0 Å². The second-order valence-electron chi connectivity index (χ2n) is 3.66. The summed E-state index contributed by atoms with van der Waals surface area (Å²) in [5, 5.41) is 11.1. The van der Waals surface area contributed by atoms with Gasteiger partial charge in [-0.2, -0.15) is 13.2 Å². The Bertz CT molecular complexity index is 502. The van der Waals surface area contributed by atoms with Crippen LogP contribution in [0.5, 0.6) is 0 Å². The second-order valence-corrected chi connectivity index (χ2v) is 4.52. The lowest BCUT2D eigenvalue weighted by Crippen LogP contribution is -2.16. The van der Waals surface area contributed by atoms with Crippen LogP contribution in [0.25, 0.3) is 0 Å². The minimum absolute atomic E-state index is 0.0892. The van der Waals surface area contributed by atoms with Crippen LogP contribution in [0.15, 0.2) is 22.7 Å². The first kappa shape index (κ1) is 15.5. The molecule has 0 aliphatic rings. The highest BCUT2D eigenvalue weighted by molar-refractivity contribution is 9.10. The van der Waals surface area contributed by atoms with Gasteiger partial charge in [-0.3, -0.25) is 4.79 Å². The van der Waals surface area contributed by atoms with Crippen LogP contribution in [0.3, 0.4) is 0 Å². The van der Waals surface area contributed by atoms with Gasteiger partial charge >= 0.3 is 12.1 Å². The molecular weight excluding hydrogens is 331 g/mol. The molecule has 0 aliphatic heterocycles. The quantitative estimate of drug-likeness (QED) is 0.883. The lowest BCUT2D eigenvalue weighted by Gasteiger charge is -2.08. The van der Waals surface area contributed by atoms with E-state index in [9.17, 15) is 22.8 Å². The minimum atomic E-state index is -4.40. The van der Waals surface area contributed by atoms with E-state index in [1.54, 1.807) is 0 Å². The first-order chi connectivity index (χ1) is 8.69. The normalized spacial score (nSPS) is 11.2. The second kappa shape index (κ2) is 6.05. The van der Waals surface area contributed by atoms with Gasteiger partial charge in [0, 0.05) is 16.6 Å². The van der Waals surface area contributed by atoms with E-state index < -0.39 is 30.9 Å². The molecule has 1 aromatic rings. The van der Waals surface area contributed by atoms with E-state index in [2.05, 4.69) is 21.2 Å². The number of anilines is 1. The zero-order chi connectivity index (χ0) is 14.6. The van der Waals surface area contributed by atoms with Gasteiger partial charge in [0.1, 0.15) is 0 Å². The van der Waals surface area contributed by atoms with Gasteiger partial charge in [-0.05, 0) is 34.1 Å². The topological polar surface area (TPSA) is 66.4 Å². The number of hydrogen-bond donors (Lipinski definition) is 2. The van der Waals surface area contributed by atoms with Gasteiger partial charge in [0.05, 0.1) is 12.0 Å². The molecule has 0 unspecified atom stereocenters. The maximum atomic E-state index is 11.9. The molecule has 4 nitrogen and oxygen atoms in total. The SMILES string of the molecule is O=C(CCC(F)(F)F)Nc1ccc(Br)c(C(=O)O)c1. The molecule has 0 fully saturated rings. The number of benzene rings is 1. The van der Waals surface area contributed by atoms with Crippen molar-refractivity contribution < 1.29 is 27.9 Å². The van der Waals surface area contributed by atoms with Gasteiger partial charge < -0.3 is 10.4 Å². The molecule has 104 valence electrons. The summed E-state index contributed by atoms with van der Waals surface area (Å²) in [5.41, 5.74) is 0.0430. The summed E-state index contributed by atoms with van der Waals surface area (Å²) in [7, 11) is 0. The smallest absolute Gasteiger partial charge is 0.389 e. The van der Waals surface area contributed by atoms with Crippen molar-refractivity contribution in [2.45, 2.75) is 19.0 Å². The number of rotatable bonds is 4. The van der Waals surface area contributed by atoms with E-state index in [0.717, 1.165) is 6.07 Å². The summed E-state index contributed by atoms with van der Waals surface area (Å²) in [4.78, 5) is 22.1. The van der Waals surface area contributed by atoms with Crippen LogP contribution in [0.1, 0.15) is 23.2 Å². The number of carboxylic acids is 1. The van der Waals surface area contributed by atoms with Gasteiger partial charge in [-0.15, -0.1) is 0 Å². The number of aromatic carboxylic acids is 1. The summed E-state index contributed by atoms with van der Waals surface area (Å²) in [6, 6.07) is 3.95. The highest BCUT2D eigenvalue weighted by Gasteiger charge is 2.27. The number of carbonyl (C=O) groups excluding carboxylic acids is 1. The van der Waals surface area contributed by atoms with Crippen LogP contribution in [0.2, 0.25) is 0 Å². The summed E-state index contributed by atoms with van der Waals surface area (Å²) in [5.74, 6) is -2.03. The maximum absolute atomic E-state index is 11.9. The molecule has 1 amide bonds. The Balaban J connectivity index is 2.70. The molecule has 0 aliphatic carbocycles. The van der Waals surface area contributed by atoms with Crippen molar-refractivity contribution in [3.8, 4) is 0 Å². The van der Waals surface area contributed by atoms with Crippen LogP contribution in [-0.4, -0.2) is 23.2 Å². The number of nitrogens with one attached hydrogen (secondary N) is 1. The molecule has 0 bridgehead atoms. The molecule has 0 saturated heterocycles. The summed E-state index contributed by atoms with van der Waals surface area (Å²) >= 11 is 3.01. The highest BCUT2D eigenvalue weighted by Crippen LogP contribution is 2.23. The lowest BCUT2D eigenvalue weighted by molar-refractivity contribution is -0.142. The zero-order valence-electron chi connectivity index (χ0n) is 9.42. The molecular formula is C11H9BrF3NO3. The molecule has 2 N–H and O–H groups in total. The Morgan fingerprint density at radius 2 is 1.95 bits per heavy atom. The fourth-order valence-electron chi connectivity index (χ4n) is 1.25. The molecule has 1 aromatic carbocycles. The molecule has 0 radical (unpaired) electrons. The Labute approximate surface area is 114 Å². The van der Waals surface area contributed by atoms with E-state index >= 15 is 0 Å². The summed E-state index contributed by atoms with van der Waals surface area (Å²) < 4.78 is 36.1. The standard InChI is InChI=1S/C11H9BrF3NO3/c12-8-2-1-6(5-7(8)10(18)19)16-9(17)3-4-11(13,14)15/h1-2,5H,3-4H2,(H,16,17)(H,18,19). The van der Waals surface area contributed by atoms with Crippen molar-refractivity contribution >= 4 is 33.5 Å². The van der Waals surface area contributed by atoms with Crippen LogP contribution in [0.4, 0.5) is 18.9 Å². The average molecular weight is 340 g/mol. The lowest BCUT2D eigenvalue weighted by atomic mass is 10.2. The van der Waals surface area contributed by atoms with Gasteiger partial charge in [0.25, 0.3) is 0 Å². The molecule has 19 heavy (non-hydrogen) atoms. The van der Waals surface area contributed by atoms with Crippen molar-refractivity contribution in [1.29, 1.82) is 0 Å². The third kappa shape index (κ3) is 5.29. The van der Waals surface area contributed by atoms with E-state index in [4.69, 9.17) is 5.11 Å². The first-order valence-corrected chi connectivity index (χ1v) is 5.88. The fourth-order valence-corrected chi connectivity index (χ4v) is 1.66. The predicted octanol–water partition coefficient (Wildman–Crippen LogP) is 3.43. The molecule has 0 aromatic heterocycles. The van der Waals surface area contributed by atoms with Crippen molar-refractivity contribution in [3.05, 3.63) is 28.2 Å². The van der Waals surface area contributed by atoms with Crippen LogP contribution in [0, 0.1) is 0 Å². The Kier molecular flexibility index (Phi) is 4.93. The van der Waals surface area contributed by atoms with Crippen molar-refractivity contribution in [1.82, 2.24) is 0 Å². The Hall–Kier alpha value is -1.57. The fraction of sp³-hybridized carbons (Fsp3) is 0.273. The van der Waals surface area contributed by atoms with Crippen molar-refractivity contribution in [2.24, 2.45) is 0 Å². The van der Waals surface area contributed by atoms with Gasteiger partial charge in [0.15, 0.2) is 0 Å². The number of halogens is 4. The molecule has 0 saturated carbocycles. The molecule has 1 rings (SSSR count). The summed E-state index contributed by atoms with van der Waals surface area (Å²) in [6.45, 7) is 0. The zero-order valence-corrected chi connectivity index (χ0v) is 11.0. The minimum Gasteiger partial charge on any atom is -0.478 e. The number of carbonyl (C=O) groups is 2. The number of amides is 1. The third-order valence-electron chi connectivity index (χ3n) is 2.12. The molecule has 0 spiro atoms. The molecule has 0 heterocycles. The number of hydrogen-bond acceptors (Lipinski definition) is 2. The molecule has 0 atom stereocenters. The maximum Gasteiger partial charge on any atom is 0.389 e. The van der Waals surface area contributed by atoms with Gasteiger partial charge in [0.2, 0.25) is 5.91 Å². The van der Waals surface area contributed by atoms with Crippen LogP contribution < -0.4 is 5.32 Å². The Morgan fingerprint density at radius 3 is 2.47 bits per heavy atom. The first-order valence-electron chi connectivity index (χ1n) is 5.08. The largest absolute Gasteiger partial charge is 0.478 e.